The number of thiocarbonyl (C=S) groups is 1. The minimum Gasteiger partial charge on any atom is -0.389 e. The fraction of sp³-hybridized carbons (Fsp3) is 0.267. The van der Waals surface area contributed by atoms with Gasteiger partial charge in [-0.15, -0.1) is 0 Å². The van der Waals surface area contributed by atoms with Crippen molar-refractivity contribution in [1.82, 2.24) is 10.3 Å². The van der Waals surface area contributed by atoms with E-state index in [9.17, 15) is 4.79 Å². The molecule has 0 spiro atoms. The summed E-state index contributed by atoms with van der Waals surface area (Å²) in [5, 5.41) is 6.76. The number of nitrogens with one attached hydrogen (secondary N) is 2. The highest BCUT2D eigenvalue weighted by Crippen LogP contribution is 2.20. The summed E-state index contributed by atoms with van der Waals surface area (Å²) in [5.74, 6) is 0.425. The van der Waals surface area contributed by atoms with Crippen molar-refractivity contribution >= 4 is 39.8 Å². The van der Waals surface area contributed by atoms with Crippen molar-refractivity contribution < 1.29 is 4.79 Å². The minimum atomic E-state index is -0.103. The molecule has 6 heteroatoms. The molecule has 0 aliphatic heterocycles. The van der Waals surface area contributed by atoms with E-state index in [-0.39, 0.29) is 23.5 Å². The molecule has 2 rings (SSSR count). The molecule has 0 unspecified atom stereocenters. The van der Waals surface area contributed by atoms with Gasteiger partial charge in [-0.25, -0.2) is 4.98 Å². The van der Waals surface area contributed by atoms with Gasteiger partial charge >= 0.3 is 0 Å². The van der Waals surface area contributed by atoms with E-state index in [1.807, 2.05) is 44.2 Å². The molecule has 0 saturated heterocycles. The molecule has 1 amide bonds. The number of para-hydroxylation sites is 1. The summed E-state index contributed by atoms with van der Waals surface area (Å²) in [6.07, 6.45) is 0. The molecular formula is C15H18N4OS. The van der Waals surface area contributed by atoms with Gasteiger partial charge in [0.15, 0.2) is 0 Å². The number of hydrogen-bond donors (Lipinski definition) is 3. The summed E-state index contributed by atoms with van der Waals surface area (Å²) in [6.45, 7) is 3.94. The van der Waals surface area contributed by atoms with Gasteiger partial charge in [-0.05, 0) is 26.0 Å². The van der Waals surface area contributed by atoms with Crippen molar-refractivity contribution in [3.63, 3.8) is 0 Å². The lowest BCUT2D eigenvalue weighted by Crippen LogP contribution is -2.35. The molecule has 1 aromatic heterocycles. The first-order chi connectivity index (χ1) is 9.97. The van der Waals surface area contributed by atoms with Gasteiger partial charge in [-0.2, -0.15) is 0 Å². The van der Waals surface area contributed by atoms with Crippen LogP contribution >= 0.6 is 12.2 Å². The molecule has 0 fully saturated rings. The van der Waals surface area contributed by atoms with Gasteiger partial charge < -0.3 is 16.4 Å². The van der Waals surface area contributed by atoms with Gasteiger partial charge in [0.1, 0.15) is 10.8 Å². The molecule has 1 aromatic carbocycles. The lowest BCUT2D eigenvalue weighted by molar-refractivity contribution is -0.119. The number of amides is 1. The Labute approximate surface area is 128 Å². The van der Waals surface area contributed by atoms with Gasteiger partial charge in [0.25, 0.3) is 0 Å². The van der Waals surface area contributed by atoms with E-state index in [4.69, 9.17) is 18.0 Å². The van der Waals surface area contributed by atoms with Crippen LogP contribution in [0.25, 0.3) is 10.9 Å². The average Bonchev–Trinajstić information content (AvgIpc) is 2.43. The standard InChI is InChI=1S/C15H18N4OS/c1-9(2)18-13(20)8-17-15-11(14(16)21)7-10-5-3-4-6-12(10)19-15/h3-7,9H,8H2,1-2H3,(H2,16,21)(H,17,19)(H,18,20). The van der Waals surface area contributed by atoms with Crippen LogP contribution in [0.3, 0.4) is 0 Å². The average molecular weight is 302 g/mol. The van der Waals surface area contributed by atoms with Gasteiger partial charge in [-0.3, -0.25) is 4.79 Å². The Hall–Kier alpha value is -2.21. The lowest BCUT2D eigenvalue weighted by atomic mass is 10.1. The molecule has 0 bridgehead atoms. The number of pyridine rings is 1. The van der Waals surface area contributed by atoms with Crippen LogP contribution in [0.1, 0.15) is 19.4 Å². The first-order valence-corrected chi connectivity index (χ1v) is 7.11. The maximum Gasteiger partial charge on any atom is 0.239 e. The number of fused-ring (bicyclic) bond motifs is 1. The molecule has 0 atom stereocenters. The van der Waals surface area contributed by atoms with Crippen LogP contribution in [0.5, 0.6) is 0 Å². The summed E-state index contributed by atoms with van der Waals surface area (Å²) in [4.78, 5) is 16.4. The van der Waals surface area contributed by atoms with Gasteiger partial charge in [0.05, 0.1) is 17.6 Å². The number of hydrogen-bond acceptors (Lipinski definition) is 4. The van der Waals surface area contributed by atoms with E-state index in [1.165, 1.54) is 0 Å². The molecule has 21 heavy (non-hydrogen) atoms. The van der Waals surface area contributed by atoms with E-state index in [2.05, 4.69) is 15.6 Å². The van der Waals surface area contributed by atoms with Crippen LogP contribution in [0.2, 0.25) is 0 Å². The molecule has 5 nitrogen and oxygen atoms in total. The van der Waals surface area contributed by atoms with Crippen LogP contribution in [-0.2, 0) is 4.79 Å². The number of anilines is 1. The lowest BCUT2D eigenvalue weighted by Gasteiger charge is -2.13. The SMILES string of the molecule is CC(C)NC(=O)CNc1nc2ccccc2cc1C(N)=S. The topological polar surface area (TPSA) is 80.0 Å². The molecule has 0 radical (unpaired) electrons. The van der Waals surface area contributed by atoms with Gasteiger partial charge in [0.2, 0.25) is 5.91 Å². The second kappa shape index (κ2) is 6.49. The third-order valence-corrected chi connectivity index (χ3v) is 3.08. The van der Waals surface area contributed by atoms with E-state index < -0.39 is 0 Å². The fourth-order valence-electron chi connectivity index (χ4n) is 1.98. The molecule has 4 N–H and O–H groups in total. The summed E-state index contributed by atoms with van der Waals surface area (Å²) >= 11 is 5.06. The third-order valence-electron chi connectivity index (χ3n) is 2.86. The zero-order chi connectivity index (χ0) is 15.4. The second-order valence-corrected chi connectivity index (χ2v) is 5.46. The van der Waals surface area contributed by atoms with Crippen LogP contribution in [0.4, 0.5) is 5.82 Å². The Bertz CT molecular complexity index is 684. The van der Waals surface area contributed by atoms with Crippen molar-refractivity contribution in [1.29, 1.82) is 0 Å². The Morgan fingerprint density at radius 3 is 2.76 bits per heavy atom. The van der Waals surface area contributed by atoms with Crippen molar-refractivity contribution in [2.45, 2.75) is 19.9 Å². The quantitative estimate of drug-likeness (QED) is 0.734. The first-order valence-electron chi connectivity index (χ1n) is 6.70. The van der Waals surface area contributed by atoms with Crippen molar-refractivity contribution in [3.05, 3.63) is 35.9 Å². The van der Waals surface area contributed by atoms with Gasteiger partial charge in [-0.1, -0.05) is 30.4 Å². The number of carbonyl (C=O) groups excluding carboxylic acids is 1. The molecule has 110 valence electrons. The summed E-state index contributed by atoms with van der Waals surface area (Å²) in [7, 11) is 0. The number of nitrogens with two attached hydrogens (primary N) is 1. The van der Waals surface area contributed by atoms with Crippen molar-refractivity contribution in [2.75, 3.05) is 11.9 Å². The predicted octanol–water partition coefficient (Wildman–Crippen LogP) is 1.81. The monoisotopic (exact) mass is 302 g/mol. The number of aromatic nitrogens is 1. The predicted molar refractivity (Wildman–Crippen MR) is 89.4 cm³/mol. The fourth-order valence-corrected chi connectivity index (χ4v) is 2.13. The number of rotatable bonds is 5. The maximum atomic E-state index is 11.7. The van der Waals surface area contributed by atoms with Crippen molar-refractivity contribution in [3.8, 4) is 0 Å². The molecule has 0 saturated carbocycles. The van der Waals surface area contributed by atoms with Crippen LogP contribution in [-0.4, -0.2) is 28.5 Å². The van der Waals surface area contributed by atoms with Gasteiger partial charge in [0, 0.05) is 11.4 Å². The molecular weight excluding hydrogens is 284 g/mol. The minimum absolute atomic E-state index is 0.0962. The van der Waals surface area contributed by atoms with E-state index in [1.54, 1.807) is 0 Å². The zero-order valence-electron chi connectivity index (χ0n) is 12.0. The second-order valence-electron chi connectivity index (χ2n) is 5.02. The maximum absolute atomic E-state index is 11.7. The largest absolute Gasteiger partial charge is 0.389 e. The highest BCUT2D eigenvalue weighted by atomic mass is 32.1. The number of benzene rings is 1. The smallest absolute Gasteiger partial charge is 0.239 e. The Morgan fingerprint density at radius 2 is 2.10 bits per heavy atom. The van der Waals surface area contributed by atoms with Crippen LogP contribution in [0.15, 0.2) is 30.3 Å². The first kappa shape index (κ1) is 15.2. The highest BCUT2D eigenvalue weighted by molar-refractivity contribution is 7.80. The Balaban J connectivity index is 2.26. The molecule has 0 aliphatic rings. The molecule has 2 aromatic rings. The van der Waals surface area contributed by atoms with E-state index in [0.717, 1.165) is 10.9 Å². The number of carbonyl (C=O) groups is 1. The van der Waals surface area contributed by atoms with E-state index in [0.29, 0.717) is 11.4 Å². The Morgan fingerprint density at radius 1 is 1.38 bits per heavy atom. The van der Waals surface area contributed by atoms with E-state index >= 15 is 0 Å². The van der Waals surface area contributed by atoms with Crippen LogP contribution < -0.4 is 16.4 Å². The summed E-state index contributed by atoms with van der Waals surface area (Å²) < 4.78 is 0. The normalized spacial score (nSPS) is 10.6. The Kier molecular flexibility index (Phi) is 4.70. The highest BCUT2D eigenvalue weighted by Gasteiger charge is 2.11. The van der Waals surface area contributed by atoms with Crippen LogP contribution in [0, 0.1) is 0 Å². The zero-order valence-corrected chi connectivity index (χ0v) is 12.8. The molecule has 0 aliphatic carbocycles. The third kappa shape index (κ3) is 3.88. The summed E-state index contributed by atoms with van der Waals surface area (Å²) in [5.41, 5.74) is 7.21. The molecule has 1 heterocycles. The summed E-state index contributed by atoms with van der Waals surface area (Å²) in [6, 6.07) is 9.66. The number of nitrogens with zero attached hydrogens (tertiary/aromatic N) is 1. The van der Waals surface area contributed by atoms with Crippen molar-refractivity contribution in [2.24, 2.45) is 5.73 Å².